The van der Waals surface area contributed by atoms with Gasteiger partial charge in [-0.25, -0.2) is 0 Å². The molecular weight excluding hydrogens is 226 g/mol. The van der Waals surface area contributed by atoms with Crippen molar-refractivity contribution in [3.05, 3.63) is 33.9 Å². The van der Waals surface area contributed by atoms with Gasteiger partial charge in [-0.3, -0.25) is 14.9 Å². The number of aryl methyl sites for hydroxylation is 1. The van der Waals surface area contributed by atoms with Crippen molar-refractivity contribution >= 4 is 11.7 Å². The molecule has 6 nitrogen and oxygen atoms in total. The number of nitrogens with zero attached hydrogens (tertiary/aromatic N) is 1. The predicted molar refractivity (Wildman–Crippen MR) is 60.2 cm³/mol. The van der Waals surface area contributed by atoms with Crippen LogP contribution < -0.4 is 4.74 Å². The SMILES string of the molecule is Cc1cc([N+](=O)[O-])ccc1O[C@@H](C)CC(=O)O. The van der Waals surface area contributed by atoms with Crippen LogP contribution >= 0.6 is 0 Å². The molecule has 0 heterocycles. The molecule has 1 rings (SSSR count). The molecule has 0 aromatic heterocycles. The highest BCUT2D eigenvalue weighted by atomic mass is 16.6. The molecule has 1 aromatic rings. The van der Waals surface area contributed by atoms with Gasteiger partial charge in [0.05, 0.1) is 11.3 Å². The van der Waals surface area contributed by atoms with Crippen LogP contribution in [0.5, 0.6) is 5.75 Å². The van der Waals surface area contributed by atoms with Gasteiger partial charge in [0.1, 0.15) is 11.9 Å². The van der Waals surface area contributed by atoms with Gasteiger partial charge in [0.25, 0.3) is 5.69 Å². The molecule has 1 N–H and O–H groups in total. The van der Waals surface area contributed by atoms with Gasteiger partial charge in [-0.05, 0) is 25.5 Å². The lowest BCUT2D eigenvalue weighted by Crippen LogP contribution is -2.17. The average Bonchev–Trinajstić information content (AvgIpc) is 2.19. The first kappa shape index (κ1) is 13.0. The number of hydrogen-bond acceptors (Lipinski definition) is 4. The van der Waals surface area contributed by atoms with Crippen LogP contribution in [-0.2, 0) is 4.79 Å². The maximum atomic E-state index is 10.5. The number of nitro benzene ring substituents is 1. The second-order valence-corrected chi connectivity index (χ2v) is 3.73. The van der Waals surface area contributed by atoms with E-state index in [1.807, 2.05) is 0 Å². The first-order chi connectivity index (χ1) is 7.90. The fourth-order valence-corrected chi connectivity index (χ4v) is 1.38. The van der Waals surface area contributed by atoms with Crippen molar-refractivity contribution in [3.63, 3.8) is 0 Å². The number of aliphatic carboxylic acids is 1. The van der Waals surface area contributed by atoms with Gasteiger partial charge >= 0.3 is 5.97 Å². The lowest BCUT2D eigenvalue weighted by atomic mass is 10.2. The van der Waals surface area contributed by atoms with Crippen LogP contribution in [0, 0.1) is 17.0 Å². The van der Waals surface area contributed by atoms with Crippen LogP contribution in [-0.4, -0.2) is 22.1 Å². The molecule has 0 spiro atoms. The summed E-state index contributed by atoms with van der Waals surface area (Å²) in [6, 6.07) is 4.20. The highest BCUT2D eigenvalue weighted by Gasteiger charge is 2.13. The molecule has 0 saturated heterocycles. The average molecular weight is 239 g/mol. The van der Waals surface area contributed by atoms with Crippen molar-refractivity contribution in [2.75, 3.05) is 0 Å². The summed E-state index contributed by atoms with van der Waals surface area (Å²) >= 11 is 0. The number of benzene rings is 1. The molecule has 0 amide bonds. The Morgan fingerprint density at radius 1 is 1.59 bits per heavy atom. The third-order valence-electron chi connectivity index (χ3n) is 2.16. The lowest BCUT2D eigenvalue weighted by molar-refractivity contribution is -0.384. The molecule has 0 unspecified atom stereocenters. The normalized spacial score (nSPS) is 11.9. The van der Waals surface area contributed by atoms with Crippen LogP contribution in [0.1, 0.15) is 18.9 Å². The van der Waals surface area contributed by atoms with Crippen LogP contribution in [0.25, 0.3) is 0 Å². The quantitative estimate of drug-likeness (QED) is 0.628. The number of carboxylic acid groups (broad SMARTS) is 1. The molecule has 1 atom stereocenters. The number of carbonyl (C=O) groups is 1. The molecule has 0 saturated carbocycles. The van der Waals surface area contributed by atoms with Crippen LogP contribution in [0.2, 0.25) is 0 Å². The topological polar surface area (TPSA) is 89.7 Å². The molecule has 0 fully saturated rings. The summed E-state index contributed by atoms with van der Waals surface area (Å²) in [5.74, 6) is -0.485. The predicted octanol–water partition coefficient (Wildman–Crippen LogP) is 2.15. The molecule has 0 radical (unpaired) electrons. The summed E-state index contributed by atoms with van der Waals surface area (Å²) in [5, 5.41) is 19.1. The molecule has 6 heteroatoms. The second kappa shape index (κ2) is 5.29. The zero-order valence-electron chi connectivity index (χ0n) is 9.54. The fraction of sp³-hybridized carbons (Fsp3) is 0.364. The van der Waals surface area contributed by atoms with Crippen molar-refractivity contribution in [3.8, 4) is 5.75 Å². The standard InChI is InChI=1S/C11H13NO5/c1-7-5-9(12(15)16)3-4-10(7)17-8(2)6-11(13)14/h3-5,8H,6H2,1-2H3,(H,13,14)/t8-/m0/s1. The van der Waals surface area contributed by atoms with Gasteiger partial charge in [-0.2, -0.15) is 0 Å². The first-order valence-corrected chi connectivity index (χ1v) is 5.03. The molecule has 17 heavy (non-hydrogen) atoms. The molecule has 0 aliphatic heterocycles. The summed E-state index contributed by atoms with van der Waals surface area (Å²) in [5.41, 5.74) is 0.595. The zero-order chi connectivity index (χ0) is 13.0. The number of carboxylic acids is 1. The van der Waals surface area contributed by atoms with E-state index in [1.165, 1.54) is 18.2 Å². The third-order valence-corrected chi connectivity index (χ3v) is 2.16. The van der Waals surface area contributed by atoms with Gasteiger partial charge in [-0.15, -0.1) is 0 Å². The third kappa shape index (κ3) is 3.75. The highest BCUT2D eigenvalue weighted by Crippen LogP contribution is 2.24. The van der Waals surface area contributed by atoms with E-state index in [4.69, 9.17) is 9.84 Å². The Kier molecular flexibility index (Phi) is 4.03. The summed E-state index contributed by atoms with van der Waals surface area (Å²) in [4.78, 5) is 20.5. The summed E-state index contributed by atoms with van der Waals surface area (Å²) in [6.45, 7) is 3.31. The number of rotatable bonds is 5. The lowest BCUT2D eigenvalue weighted by Gasteiger charge is -2.14. The molecular formula is C11H13NO5. The minimum Gasteiger partial charge on any atom is -0.490 e. The monoisotopic (exact) mass is 239 g/mol. The van der Waals surface area contributed by atoms with Gasteiger partial charge in [-0.1, -0.05) is 0 Å². The van der Waals surface area contributed by atoms with E-state index in [0.29, 0.717) is 11.3 Å². The van der Waals surface area contributed by atoms with E-state index < -0.39 is 17.0 Å². The Bertz CT molecular complexity index is 443. The first-order valence-electron chi connectivity index (χ1n) is 5.03. The summed E-state index contributed by atoms with van der Waals surface area (Å²) in [6.07, 6.45) is -0.594. The van der Waals surface area contributed by atoms with E-state index in [9.17, 15) is 14.9 Å². The fourth-order valence-electron chi connectivity index (χ4n) is 1.38. The minimum atomic E-state index is -0.947. The Morgan fingerprint density at radius 3 is 2.71 bits per heavy atom. The van der Waals surface area contributed by atoms with Crippen molar-refractivity contribution < 1.29 is 19.6 Å². The number of ether oxygens (including phenoxy) is 1. The van der Waals surface area contributed by atoms with Gasteiger partial charge < -0.3 is 9.84 Å². The summed E-state index contributed by atoms with van der Waals surface area (Å²) < 4.78 is 5.39. The van der Waals surface area contributed by atoms with E-state index in [-0.39, 0.29) is 12.1 Å². The van der Waals surface area contributed by atoms with Gasteiger partial charge in [0.2, 0.25) is 0 Å². The van der Waals surface area contributed by atoms with E-state index in [0.717, 1.165) is 0 Å². The molecule has 0 aliphatic rings. The smallest absolute Gasteiger partial charge is 0.307 e. The highest BCUT2D eigenvalue weighted by molar-refractivity contribution is 5.67. The molecule has 0 aliphatic carbocycles. The van der Waals surface area contributed by atoms with E-state index in [2.05, 4.69) is 0 Å². The van der Waals surface area contributed by atoms with Crippen LogP contribution in [0.3, 0.4) is 0 Å². The van der Waals surface area contributed by atoms with E-state index in [1.54, 1.807) is 13.8 Å². The minimum absolute atomic E-state index is 0.0132. The van der Waals surface area contributed by atoms with Crippen molar-refractivity contribution in [1.82, 2.24) is 0 Å². The molecule has 0 bridgehead atoms. The van der Waals surface area contributed by atoms with Gasteiger partial charge in [0.15, 0.2) is 0 Å². The van der Waals surface area contributed by atoms with Crippen molar-refractivity contribution in [2.45, 2.75) is 26.4 Å². The van der Waals surface area contributed by atoms with Gasteiger partial charge in [0, 0.05) is 12.1 Å². The Hall–Kier alpha value is -2.11. The van der Waals surface area contributed by atoms with Crippen molar-refractivity contribution in [1.29, 1.82) is 0 Å². The maximum Gasteiger partial charge on any atom is 0.307 e. The number of nitro groups is 1. The van der Waals surface area contributed by atoms with Crippen LogP contribution in [0.4, 0.5) is 5.69 Å². The van der Waals surface area contributed by atoms with E-state index >= 15 is 0 Å². The molecule has 1 aromatic carbocycles. The van der Waals surface area contributed by atoms with Crippen molar-refractivity contribution in [2.24, 2.45) is 0 Å². The maximum absolute atomic E-state index is 10.5. The zero-order valence-corrected chi connectivity index (χ0v) is 9.54. The summed E-state index contributed by atoms with van der Waals surface area (Å²) in [7, 11) is 0. The Labute approximate surface area is 98.0 Å². The molecule has 92 valence electrons. The number of hydrogen-bond donors (Lipinski definition) is 1. The second-order valence-electron chi connectivity index (χ2n) is 3.73. The Morgan fingerprint density at radius 2 is 2.24 bits per heavy atom. The largest absolute Gasteiger partial charge is 0.490 e. The number of non-ortho nitro benzene ring substituents is 1. The van der Waals surface area contributed by atoms with Crippen LogP contribution in [0.15, 0.2) is 18.2 Å². The Balaban J connectivity index is 2.79.